The van der Waals surface area contributed by atoms with Crippen LogP contribution in [0.3, 0.4) is 0 Å². The van der Waals surface area contributed by atoms with Crippen LogP contribution in [0.4, 0.5) is 30.7 Å². The summed E-state index contributed by atoms with van der Waals surface area (Å²) in [5.74, 6) is -4.32. The minimum Gasteiger partial charge on any atom is -0.481 e. The molecule has 2 aromatic carbocycles. The Labute approximate surface area is 314 Å². The number of rotatable bonds is 12. The van der Waals surface area contributed by atoms with Gasteiger partial charge in [0.15, 0.2) is 0 Å². The summed E-state index contributed by atoms with van der Waals surface area (Å²) in [4.78, 5) is 41.7. The van der Waals surface area contributed by atoms with Gasteiger partial charge in [-0.2, -0.15) is 13.2 Å². The van der Waals surface area contributed by atoms with E-state index in [2.05, 4.69) is 17.2 Å². The quantitative estimate of drug-likeness (QED) is 0.142. The molecule has 1 aromatic heterocycles. The van der Waals surface area contributed by atoms with Gasteiger partial charge < -0.3 is 19.9 Å². The number of pyridine rings is 1. The number of halogens is 7. The van der Waals surface area contributed by atoms with Crippen LogP contribution in [0.2, 0.25) is 0 Å². The molecule has 1 saturated carbocycles. The van der Waals surface area contributed by atoms with Crippen LogP contribution in [0.5, 0.6) is 0 Å². The van der Waals surface area contributed by atoms with E-state index in [0.29, 0.717) is 22.8 Å². The van der Waals surface area contributed by atoms with Crippen molar-refractivity contribution in [3.63, 3.8) is 0 Å². The Morgan fingerprint density at radius 1 is 1.05 bits per heavy atom. The van der Waals surface area contributed by atoms with E-state index in [0.717, 1.165) is 10.8 Å². The summed E-state index contributed by atoms with van der Waals surface area (Å²) in [5, 5.41) is 12.3. The largest absolute Gasteiger partial charge is 0.481 e. The molecular formula is C41H44F7N3O4. The van der Waals surface area contributed by atoms with Crippen molar-refractivity contribution in [1.82, 2.24) is 14.8 Å². The van der Waals surface area contributed by atoms with Crippen molar-refractivity contribution >= 4 is 11.9 Å². The Bertz CT molecular complexity index is 2050. The third-order valence-electron chi connectivity index (χ3n) is 10.5. The molecule has 1 aliphatic carbocycles. The highest BCUT2D eigenvalue weighted by Gasteiger charge is 2.57. The van der Waals surface area contributed by atoms with Gasteiger partial charge in [-0.25, -0.2) is 17.6 Å². The van der Waals surface area contributed by atoms with E-state index >= 15 is 8.78 Å². The van der Waals surface area contributed by atoms with Gasteiger partial charge in [-0.1, -0.05) is 38.0 Å². The summed E-state index contributed by atoms with van der Waals surface area (Å²) < 4.78 is 104. The molecule has 14 heteroatoms. The summed E-state index contributed by atoms with van der Waals surface area (Å²) in [6, 6.07) is 3.50. The maximum atomic E-state index is 16.7. The second-order valence-corrected chi connectivity index (χ2v) is 15.1. The predicted molar refractivity (Wildman–Crippen MR) is 193 cm³/mol. The van der Waals surface area contributed by atoms with Crippen LogP contribution in [0.25, 0.3) is 11.1 Å². The van der Waals surface area contributed by atoms with Crippen molar-refractivity contribution in [2.24, 2.45) is 11.8 Å². The van der Waals surface area contributed by atoms with Gasteiger partial charge in [-0.3, -0.25) is 14.4 Å². The summed E-state index contributed by atoms with van der Waals surface area (Å²) in [6.45, 7) is 8.91. The third-order valence-corrected chi connectivity index (χ3v) is 10.5. The molecule has 2 aliphatic rings. The number of nitrogens with one attached hydrogen (secondary N) is 1. The maximum Gasteiger partial charge on any atom is 0.416 e. The van der Waals surface area contributed by atoms with E-state index in [-0.39, 0.29) is 67.9 Å². The first-order valence-corrected chi connectivity index (χ1v) is 18.2. The van der Waals surface area contributed by atoms with Gasteiger partial charge in [0.2, 0.25) is 5.91 Å². The summed E-state index contributed by atoms with van der Waals surface area (Å²) >= 11 is 0. The van der Waals surface area contributed by atoms with Crippen molar-refractivity contribution in [3.05, 3.63) is 91.9 Å². The first-order valence-electron chi connectivity index (χ1n) is 18.2. The molecule has 2 N–H and O–H groups in total. The molecule has 2 fully saturated rings. The number of amides is 1. The van der Waals surface area contributed by atoms with Crippen LogP contribution in [0, 0.1) is 49.2 Å². The molecule has 3 aromatic rings. The van der Waals surface area contributed by atoms with E-state index in [1.54, 1.807) is 50.8 Å². The van der Waals surface area contributed by atoms with Gasteiger partial charge >= 0.3 is 12.1 Å². The number of carboxylic acid groups (broad SMARTS) is 1. The highest BCUT2D eigenvalue weighted by molar-refractivity contribution is 5.82. The first kappa shape index (κ1) is 41.5. The Kier molecular flexibility index (Phi) is 12.2. The fourth-order valence-corrected chi connectivity index (χ4v) is 7.66. The van der Waals surface area contributed by atoms with Crippen LogP contribution in [-0.4, -0.2) is 52.0 Å². The van der Waals surface area contributed by atoms with E-state index in [9.17, 15) is 41.4 Å². The molecule has 1 amide bonds. The van der Waals surface area contributed by atoms with Crippen LogP contribution < -0.4 is 10.9 Å². The minimum atomic E-state index is -4.93. The fraction of sp³-hybridized carbons (Fsp3) is 0.488. The van der Waals surface area contributed by atoms with E-state index in [1.807, 2.05) is 0 Å². The van der Waals surface area contributed by atoms with Crippen LogP contribution >= 0.6 is 0 Å². The first-order chi connectivity index (χ1) is 25.7. The molecule has 2 heterocycles. The smallest absolute Gasteiger partial charge is 0.416 e. The number of hydrogen-bond donors (Lipinski definition) is 2. The van der Waals surface area contributed by atoms with Crippen LogP contribution in [0.1, 0.15) is 104 Å². The molecule has 7 nitrogen and oxygen atoms in total. The molecular weight excluding hydrogens is 731 g/mol. The summed E-state index contributed by atoms with van der Waals surface area (Å²) in [6.07, 6.45) is -4.90. The molecule has 0 bridgehead atoms. The Hall–Kier alpha value is -4.64. The lowest BCUT2D eigenvalue weighted by molar-refractivity contribution is -0.139. The van der Waals surface area contributed by atoms with Gasteiger partial charge in [-0.15, -0.1) is 5.92 Å². The number of nitrogens with zero attached hydrogens (tertiary/aromatic N) is 2. The number of likely N-dealkylation sites (tertiary alicyclic amines) is 1. The number of alkyl halides is 5. The number of aliphatic carboxylic acids is 1. The van der Waals surface area contributed by atoms with Gasteiger partial charge in [0.25, 0.3) is 11.5 Å². The lowest BCUT2D eigenvalue weighted by Gasteiger charge is -2.34. The van der Waals surface area contributed by atoms with Gasteiger partial charge in [0, 0.05) is 42.3 Å². The number of benzene rings is 2. The number of hydrogen-bond acceptors (Lipinski definition) is 4. The van der Waals surface area contributed by atoms with Crippen LogP contribution in [-0.2, 0) is 15.8 Å². The fourth-order valence-electron chi connectivity index (χ4n) is 7.66. The second-order valence-electron chi connectivity index (χ2n) is 15.1. The highest BCUT2D eigenvalue weighted by Crippen LogP contribution is 2.49. The standard InChI is InChI=1S/C41H44F7N3O4/c1-6-8-26-16-28(35-23(4)9-7-10-24(35)5)38(43)36(37(26)42)31(18-34(53)54)49-39(55)32(15-22(2)3)51-21-29(30(17-33(51)52)41(46,47)48)25-11-13-50(14-12-25)20-27-19-40(27,44)45/h7,9-10,16-17,21-22,25,27,31-32H,11-15,18-20H2,1-5H3,(H,49,55)(H,53,54)/t27-,31-,32-/m1/s1. The Morgan fingerprint density at radius 2 is 1.67 bits per heavy atom. The molecule has 55 heavy (non-hydrogen) atoms. The van der Waals surface area contributed by atoms with E-state index < -0.39 is 82.6 Å². The topological polar surface area (TPSA) is 91.6 Å². The zero-order valence-electron chi connectivity index (χ0n) is 31.2. The van der Waals surface area contributed by atoms with Crippen molar-refractivity contribution in [3.8, 4) is 23.0 Å². The van der Waals surface area contributed by atoms with Crippen molar-refractivity contribution in [1.29, 1.82) is 0 Å². The van der Waals surface area contributed by atoms with Gasteiger partial charge in [0.1, 0.15) is 17.7 Å². The third kappa shape index (κ3) is 9.26. The molecule has 0 radical (unpaired) electrons. The summed E-state index contributed by atoms with van der Waals surface area (Å²) in [7, 11) is 0. The predicted octanol–water partition coefficient (Wildman–Crippen LogP) is 8.55. The van der Waals surface area contributed by atoms with E-state index in [4.69, 9.17) is 0 Å². The molecule has 3 atom stereocenters. The van der Waals surface area contributed by atoms with Crippen molar-refractivity contribution in [2.75, 3.05) is 19.6 Å². The molecule has 0 spiro atoms. The molecule has 1 saturated heterocycles. The number of piperidine rings is 1. The number of carbonyl (C=O) groups is 2. The normalized spacial score (nSPS) is 18.4. The van der Waals surface area contributed by atoms with Crippen LogP contribution in [0.15, 0.2) is 41.3 Å². The number of aryl methyl sites for hydroxylation is 2. The zero-order chi connectivity index (χ0) is 40.6. The number of carbonyl (C=O) groups excluding carboxylic acids is 1. The molecule has 5 rings (SSSR count). The van der Waals surface area contributed by atoms with Crippen molar-refractivity contribution in [2.45, 2.75) is 96.8 Å². The van der Waals surface area contributed by atoms with E-state index in [1.165, 1.54) is 13.0 Å². The molecule has 0 unspecified atom stereocenters. The Balaban J connectivity index is 1.56. The minimum absolute atomic E-state index is 0.0754. The molecule has 296 valence electrons. The number of aromatic nitrogens is 1. The maximum absolute atomic E-state index is 16.7. The van der Waals surface area contributed by atoms with Gasteiger partial charge in [-0.05, 0) is 93.3 Å². The SMILES string of the molecule is CC#Cc1cc(-c2c(C)cccc2C)c(F)c([C@@H](CC(=O)O)NC(=O)[C@@H](CC(C)C)n2cc(C3CCN(C[C@H]4CC4(F)F)CC3)c(C(F)(F)F)cc2=O)c1F. The Morgan fingerprint density at radius 3 is 2.20 bits per heavy atom. The molecule has 1 aliphatic heterocycles. The lowest BCUT2D eigenvalue weighted by Crippen LogP contribution is -2.41. The zero-order valence-corrected chi connectivity index (χ0v) is 31.2. The number of carboxylic acids is 1. The monoisotopic (exact) mass is 775 g/mol. The van der Waals surface area contributed by atoms with Crippen molar-refractivity contribution < 1.29 is 45.4 Å². The average Bonchev–Trinajstić information content (AvgIpc) is 3.69. The lowest BCUT2D eigenvalue weighted by atomic mass is 9.87. The highest BCUT2D eigenvalue weighted by atomic mass is 19.4. The summed E-state index contributed by atoms with van der Waals surface area (Å²) in [5.41, 5.74) is -1.99. The average molecular weight is 776 g/mol. The van der Waals surface area contributed by atoms with Gasteiger partial charge in [0.05, 0.1) is 23.6 Å². The second kappa shape index (κ2) is 16.2.